The molecule has 0 saturated heterocycles. The van der Waals surface area contributed by atoms with E-state index in [0.29, 0.717) is 0 Å². The maximum atomic E-state index is 14.0. The average molecular weight is 317 g/mol. The lowest BCUT2D eigenvalue weighted by Crippen LogP contribution is -2.35. The molecule has 1 rings (SSSR count). The van der Waals surface area contributed by atoms with E-state index in [1.54, 1.807) is 7.05 Å². The number of amides is 1. The summed E-state index contributed by atoms with van der Waals surface area (Å²) in [5, 5.41) is 2.62. The molecule has 1 aromatic rings. The predicted molar refractivity (Wildman–Crippen MR) is 77.5 cm³/mol. The Morgan fingerprint density at radius 2 is 2.14 bits per heavy atom. The molecule has 1 N–H and O–H groups in total. The van der Waals surface area contributed by atoms with Crippen LogP contribution in [0.4, 0.5) is 4.39 Å². The first kappa shape index (κ1) is 17.4. The van der Waals surface area contributed by atoms with E-state index in [1.165, 1.54) is 37.3 Å². The number of halogens is 2. The summed E-state index contributed by atoms with van der Waals surface area (Å²) < 4.78 is 18.7. The first-order chi connectivity index (χ1) is 9.92. The van der Waals surface area contributed by atoms with Crippen molar-refractivity contribution < 1.29 is 18.7 Å². The number of carbonyl (C=O) groups excluding carboxylic acids is 2. The fourth-order valence-electron chi connectivity index (χ4n) is 1.93. The van der Waals surface area contributed by atoms with Crippen molar-refractivity contribution in [1.82, 2.24) is 10.2 Å². The van der Waals surface area contributed by atoms with Gasteiger partial charge in [-0.05, 0) is 19.2 Å². The van der Waals surface area contributed by atoms with E-state index in [-0.39, 0.29) is 29.5 Å². The highest BCUT2D eigenvalue weighted by Gasteiger charge is 2.30. The van der Waals surface area contributed by atoms with Gasteiger partial charge >= 0.3 is 5.97 Å². The number of likely N-dealkylation sites (N-methyl/N-ethyl adjacent to an activating group) is 1. The smallest absolute Gasteiger partial charge is 0.327 e. The van der Waals surface area contributed by atoms with Crippen molar-refractivity contribution >= 4 is 23.5 Å². The zero-order valence-electron chi connectivity index (χ0n) is 12.2. The molecule has 7 heteroatoms. The molecule has 1 amide bonds. The monoisotopic (exact) mass is 316 g/mol. The average Bonchev–Trinajstić information content (AvgIpc) is 2.47. The number of benzene rings is 1. The molecule has 5 nitrogen and oxygen atoms in total. The van der Waals surface area contributed by atoms with Gasteiger partial charge in [0.25, 0.3) is 0 Å². The van der Waals surface area contributed by atoms with E-state index in [4.69, 9.17) is 16.3 Å². The minimum Gasteiger partial charge on any atom is -0.468 e. The standard InChI is InChI=1S/C14H18ClFN2O3/c1-17-11(19)7-8-18(2)13(14(20)21-3)12-9(15)5-4-6-10(12)16/h4-6,13H,7-8H2,1-3H3,(H,17,19)/t13-/m1/s1. The number of hydrogen-bond donors (Lipinski definition) is 1. The van der Waals surface area contributed by atoms with Crippen molar-refractivity contribution in [2.45, 2.75) is 12.5 Å². The van der Waals surface area contributed by atoms with Crippen LogP contribution in [0.15, 0.2) is 18.2 Å². The van der Waals surface area contributed by atoms with E-state index in [9.17, 15) is 14.0 Å². The van der Waals surface area contributed by atoms with Crippen LogP contribution in [-0.2, 0) is 14.3 Å². The molecule has 0 aliphatic rings. The molecule has 0 spiro atoms. The normalized spacial score (nSPS) is 12.1. The van der Waals surface area contributed by atoms with Crippen molar-refractivity contribution in [3.05, 3.63) is 34.6 Å². The highest BCUT2D eigenvalue weighted by atomic mass is 35.5. The molecule has 116 valence electrons. The predicted octanol–water partition coefficient (Wildman–Crippen LogP) is 1.76. The summed E-state index contributed by atoms with van der Waals surface area (Å²) in [5.74, 6) is -1.41. The van der Waals surface area contributed by atoms with Gasteiger partial charge in [-0.1, -0.05) is 17.7 Å². The molecule has 0 fully saturated rings. The van der Waals surface area contributed by atoms with Crippen LogP contribution in [0.3, 0.4) is 0 Å². The number of methoxy groups -OCH3 is 1. The van der Waals surface area contributed by atoms with Crippen molar-refractivity contribution in [1.29, 1.82) is 0 Å². The van der Waals surface area contributed by atoms with E-state index in [2.05, 4.69) is 5.32 Å². The third-order valence-electron chi connectivity index (χ3n) is 3.11. The van der Waals surface area contributed by atoms with Gasteiger partial charge < -0.3 is 10.1 Å². The lowest BCUT2D eigenvalue weighted by atomic mass is 10.0. The van der Waals surface area contributed by atoms with Gasteiger partial charge in [0.15, 0.2) is 0 Å². The molecule has 0 aromatic heterocycles. The highest BCUT2D eigenvalue weighted by Crippen LogP contribution is 2.30. The fourth-order valence-corrected chi connectivity index (χ4v) is 2.20. The van der Waals surface area contributed by atoms with E-state index < -0.39 is 17.8 Å². The maximum Gasteiger partial charge on any atom is 0.327 e. The van der Waals surface area contributed by atoms with Crippen molar-refractivity contribution in [3.63, 3.8) is 0 Å². The molecular weight excluding hydrogens is 299 g/mol. The Hall–Kier alpha value is -1.66. The molecule has 0 unspecified atom stereocenters. The van der Waals surface area contributed by atoms with Crippen LogP contribution in [-0.4, -0.2) is 44.5 Å². The zero-order valence-corrected chi connectivity index (χ0v) is 12.9. The summed E-state index contributed by atoms with van der Waals surface area (Å²) >= 11 is 6.01. The second kappa shape index (κ2) is 7.95. The zero-order chi connectivity index (χ0) is 16.0. The number of nitrogens with zero attached hydrogens (tertiary/aromatic N) is 1. The Balaban J connectivity index is 3.06. The van der Waals surface area contributed by atoms with E-state index >= 15 is 0 Å². The van der Waals surface area contributed by atoms with Crippen LogP contribution in [0, 0.1) is 5.82 Å². The minimum atomic E-state index is -1.01. The molecule has 0 bridgehead atoms. The number of rotatable bonds is 6. The molecule has 0 aliphatic heterocycles. The topological polar surface area (TPSA) is 58.6 Å². The molecule has 1 atom stereocenters. The summed E-state index contributed by atoms with van der Waals surface area (Å²) in [6.07, 6.45) is 0.173. The molecule has 0 aliphatic carbocycles. The Labute approximate surface area is 128 Å². The lowest BCUT2D eigenvalue weighted by molar-refractivity contribution is -0.147. The second-order valence-corrected chi connectivity index (χ2v) is 4.87. The van der Waals surface area contributed by atoms with Crippen LogP contribution >= 0.6 is 11.6 Å². The summed E-state index contributed by atoms with van der Waals surface area (Å²) in [7, 11) is 4.35. The molecular formula is C14H18ClFN2O3. The number of esters is 1. The van der Waals surface area contributed by atoms with Crippen LogP contribution in [0.5, 0.6) is 0 Å². The Bertz CT molecular complexity index is 505. The van der Waals surface area contributed by atoms with Crippen LogP contribution in [0.1, 0.15) is 18.0 Å². The third-order valence-corrected chi connectivity index (χ3v) is 3.44. The summed E-state index contributed by atoms with van der Waals surface area (Å²) in [4.78, 5) is 24.8. The van der Waals surface area contributed by atoms with Gasteiger partial charge in [-0.3, -0.25) is 9.69 Å². The van der Waals surface area contributed by atoms with Crippen molar-refractivity contribution in [2.24, 2.45) is 0 Å². The quantitative estimate of drug-likeness (QED) is 0.813. The molecule has 21 heavy (non-hydrogen) atoms. The highest BCUT2D eigenvalue weighted by molar-refractivity contribution is 6.31. The Morgan fingerprint density at radius 1 is 1.48 bits per heavy atom. The maximum absolute atomic E-state index is 14.0. The third kappa shape index (κ3) is 4.41. The summed E-state index contributed by atoms with van der Waals surface area (Å²) in [6, 6.07) is 3.18. The van der Waals surface area contributed by atoms with Gasteiger partial charge in [0.1, 0.15) is 11.9 Å². The van der Waals surface area contributed by atoms with Crippen LogP contribution in [0.2, 0.25) is 5.02 Å². The first-order valence-electron chi connectivity index (χ1n) is 6.35. The fraction of sp³-hybridized carbons (Fsp3) is 0.429. The van der Waals surface area contributed by atoms with Crippen molar-refractivity contribution in [3.8, 4) is 0 Å². The summed E-state index contributed by atoms with van der Waals surface area (Å²) in [6.45, 7) is 0.254. The summed E-state index contributed by atoms with van der Waals surface area (Å²) in [5.41, 5.74) is 0.0467. The van der Waals surface area contributed by atoms with E-state index in [1.807, 2.05) is 0 Å². The number of ether oxygens (including phenoxy) is 1. The number of nitrogens with one attached hydrogen (secondary N) is 1. The van der Waals surface area contributed by atoms with Gasteiger partial charge in [-0.25, -0.2) is 9.18 Å². The van der Waals surface area contributed by atoms with Gasteiger partial charge in [0, 0.05) is 30.6 Å². The Kier molecular flexibility index (Phi) is 6.58. The lowest BCUT2D eigenvalue weighted by Gasteiger charge is -2.26. The van der Waals surface area contributed by atoms with Crippen molar-refractivity contribution in [2.75, 3.05) is 27.7 Å². The van der Waals surface area contributed by atoms with Gasteiger partial charge in [-0.15, -0.1) is 0 Å². The first-order valence-corrected chi connectivity index (χ1v) is 6.72. The van der Waals surface area contributed by atoms with Gasteiger partial charge in [0.05, 0.1) is 7.11 Å². The molecule has 1 aromatic carbocycles. The molecule has 0 radical (unpaired) electrons. The van der Waals surface area contributed by atoms with Crippen LogP contribution < -0.4 is 5.32 Å². The van der Waals surface area contributed by atoms with Gasteiger partial charge in [-0.2, -0.15) is 0 Å². The van der Waals surface area contributed by atoms with Crippen LogP contribution in [0.25, 0.3) is 0 Å². The van der Waals surface area contributed by atoms with E-state index in [0.717, 1.165) is 0 Å². The molecule has 0 saturated carbocycles. The second-order valence-electron chi connectivity index (χ2n) is 4.46. The largest absolute Gasteiger partial charge is 0.468 e. The van der Waals surface area contributed by atoms with Gasteiger partial charge in [0.2, 0.25) is 5.91 Å². The minimum absolute atomic E-state index is 0.0467. The Morgan fingerprint density at radius 3 is 2.67 bits per heavy atom. The number of carbonyl (C=O) groups is 2. The number of hydrogen-bond acceptors (Lipinski definition) is 4. The molecule has 0 heterocycles. The SMILES string of the molecule is CNC(=O)CCN(C)[C@@H](C(=O)OC)c1c(F)cccc1Cl.